The Kier molecular flexibility index (Phi) is 5.58. The Bertz CT molecular complexity index is 382. The van der Waals surface area contributed by atoms with Crippen molar-refractivity contribution in [1.82, 2.24) is 0 Å². The minimum atomic E-state index is -0.0148. The molecule has 0 bridgehead atoms. The highest BCUT2D eigenvalue weighted by molar-refractivity contribution is 5.62. The quantitative estimate of drug-likeness (QED) is 0.600. The molecule has 1 rings (SSSR count). The second kappa shape index (κ2) is 6.72. The molecule has 1 aromatic rings. The van der Waals surface area contributed by atoms with Gasteiger partial charge in [-0.05, 0) is 30.3 Å². The highest BCUT2D eigenvalue weighted by Crippen LogP contribution is 2.33. The van der Waals surface area contributed by atoms with Crippen molar-refractivity contribution in [2.24, 2.45) is 5.41 Å². The normalized spacial score (nSPS) is 13.4. The molecule has 18 heavy (non-hydrogen) atoms. The molecule has 0 heterocycles. The second-order valence-electron chi connectivity index (χ2n) is 6.12. The standard InChI is InChI=1S/C17H25F/c1-5-6-10-15(13-17(2,3)4)16(18)14-11-8-7-9-12-14/h7-9,11-12H,5-6,10,13H2,1-4H3/b16-15+. The molecule has 0 unspecified atom stereocenters. The third kappa shape index (κ3) is 5.03. The van der Waals surface area contributed by atoms with Gasteiger partial charge in [-0.2, -0.15) is 0 Å². The largest absolute Gasteiger partial charge is 0.206 e. The predicted molar refractivity (Wildman–Crippen MR) is 78.1 cm³/mol. The van der Waals surface area contributed by atoms with Crippen molar-refractivity contribution < 1.29 is 4.39 Å². The fraction of sp³-hybridized carbons (Fsp3) is 0.529. The van der Waals surface area contributed by atoms with E-state index in [4.69, 9.17) is 0 Å². The van der Waals surface area contributed by atoms with Gasteiger partial charge >= 0.3 is 0 Å². The van der Waals surface area contributed by atoms with E-state index >= 15 is 0 Å². The fourth-order valence-electron chi connectivity index (χ4n) is 2.09. The van der Waals surface area contributed by atoms with Gasteiger partial charge in [0.2, 0.25) is 0 Å². The molecule has 0 radical (unpaired) electrons. The van der Waals surface area contributed by atoms with Crippen molar-refractivity contribution in [3.63, 3.8) is 0 Å². The lowest BCUT2D eigenvalue weighted by molar-refractivity contribution is 0.401. The molecule has 0 saturated heterocycles. The van der Waals surface area contributed by atoms with Gasteiger partial charge in [0.05, 0.1) is 0 Å². The summed E-state index contributed by atoms with van der Waals surface area (Å²) in [6.45, 7) is 8.64. The summed E-state index contributed by atoms with van der Waals surface area (Å²) in [4.78, 5) is 0. The van der Waals surface area contributed by atoms with Crippen molar-refractivity contribution >= 4 is 5.83 Å². The molecule has 0 amide bonds. The van der Waals surface area contributed by atoms with Crippen molar-refractivity contribution in [3.8, 4) is 0 Å². The van der Waals surface area contributed by atoms with E-state index in [0.717, 1.165) is 31.3 Å². The van der Waals surface area contributed by atoms with Gasteiger partial charge < -0.3 is 0 Å². The van der Waals surface area contributed by atoms with Crippen LogP contribution < -0.4 is 0 Å². The summed E-state index contributed by atoms with van der Waals surface area (Å²) in [7, 11) is 0. The van der Waals surface area contributed by atoms with Crippen LogP contribution in [0.4, 0.5) is 4.39 Å². The highest BCUT2D eigenvalue weighted by Gasteiger charge is 2.17. The molecule has 0 nitrogen and oxygen atoms in total. The predicted octanol–water partition coefficient (Wildman–Crippen LogP) is 5.99. The van der Waals surface area contributed by atoms with Gasteiger partial charge in [0.1, 0.15) is 5.83 Å². The number of hydrogen-bond acceptors (Lipinski definition) is 0. The molecular weight excluding hydrogens is 223 g/mol. The van der Waals surface area contributed by atoms with Crippen molar-refractivity contribution in [3.05, 3.63) is 41.5 Å². The van der Waals surface area contributed by atoms with Crippen LogP contribution in [-0.4, -0.2) is 0 Å². The highest BCUT2D eigenvalue weighted by atomic mass is 19.1. The average Bonchev–Trinajstić information content (AvgIpc) is 2.33. The number of rotatable bonds is 5. The van der Waals surface area contributed by atoms with Crippen LogP contribution in [0.2, 0.25) is 0 Å². The first-order valence-corrected chi connectivity index (χ1v) is 6.87. The maximum Gasteiger partial charge on any atom is 0.129 e. The average molecular weight is 248 g/mol. The number of hydrogen-bond donors (Lipinski definition) is 0. The summed E-state index contributed by atoms with van der Waals surface area (Å²) >= 11 is 0. The van der Waals surface area contributed by atoms with Gasteiger partial charge in [-0.1, -0.05) is 64.4 Å². The van der Waals surface area contributed by atoms with Crippen LogP contribution in [0.15, 0.2) is 35.9 Å². The molecule has 1 heteroatoms. The van der Waals surface area contributed by atoms with Gasteiger partial charge in [-0.3, -0.25) is 0 Å². The minimum absolute atomic E-state index is 0.0148. The first-order chi connectivity index (χ1) is 8.44. The second-order valence-corrected chi connectivity index (χ2v) is 6.12. The number of halogens is 1. The smallest absolute Gasteiger partial charge is 0.129 e. The van der Waals surface area contributed by atoms with Gasteiger partial charge in [0.25, 0.3) is 0 Å². The molecule has 0 spiro atoms. The van der Waals surface area contributed by atoms with E-state index in [1.165, 1.54) is 0 Å². The van der Waals surface area contributed by atoms with E-state index in [9.17, 15) is 4.39 Å². The maximum atomic E-state index is 14.5. The van der Waals surface area contributed by atoms with E-state index in [1.54, 1.807) is 0 Å². The topological polar surface area (TPSA) is 0 Å². The van der Waals surface area contributed by atoms with Gasteiger partial charge in [0, 0.05) is 5.56 Å². The van der Waals surface area contributed by atoms with Crippen molar-refractivity contribution in [2.45, 2.75) is 53.4 Å². The molecule has 0 aliphatic rings. The lowest BCUT2D eigenvalue weighted by Crippen LogP contribution is -2.07. The Morgan fingerprint density at radius 2 is 1.72 bits per heavy atom. The van der Waals surface area contributed by atoms with Gasteiger partial charge in [-0.25, -0.2) is 4.39 Å². The van der Waals surface area contributed by atoms with E-state index in [2.05, 4.69) is 27.7 Å². The summed E-state index contributed by atoms with van der Waals surface area (Å²) in [5, 5.41) is 0. The van der Waals surface area contributed by atoms with Crippen LogP contribution in [0.3, 0.4) is 0 Å². The van der Waals surface area contributed by atoms with Crippen LogP contribution in [0, 0.1) is 5.41 Å². The van der Waals surface area contributed by atoms with E-state index in [1.807, 2.05) is 30.3 Å². The summed E-state index contributed by atoms with van der Waals surface area (Å²) in [6.07, 6.45) is 3.86. The monoisotopic (exact) mass is 248 g/mol. The summed E-state index contributed by atoms with van der Waals surface area (Å²) in [5.74, 6) is -0.0148. The van der Waals surface area contributed by atoms with Crippen molar-refractivity contribution in [2.75, 3.05) is 0 Å². The van der Waals surface area contributed by atoms with Gasteiger partial charge in [-0.15, -0.1) is 0 Å². The SMILES string of the molecule is CCCC/C(CC(C)(C)C)=C(\F)c1ccccc1. The zero-order chi connectivity index (χ0) is 13.6. The van der Waals surface area contributed by atoms with E-state index in [0.29, 0.717) is 5.56 Å². The fourth-order valence-corrected chi connectivity index (χ4v) is 2.09. The molecule has 1 aromatic carbocycles. The molecule has 100 valence electrons. The number of allylic oxidation sites excluding steroid dienone is 1. The maximum absolute atomic E-state index is 14.5. The Hall–Kier alpha value is -1.11. The van der Waals surface area contributed by atoms with Gasteiger partial charge in [0.15, 0.2) is 0 Å². The lowest BCUT2D eigenvalue weighted by Gasteiger charge is -2.21. The molecule has 0 fully saturated rings. The Morgan fingerprint density at radius 1 is 1.11 bits per heavy atom. The molecule has 0 aliphatic carbocycles. The van der Waals surface area contributed by atoms with Crippen molar-refractivity contribution in [1.29, 1.82) is 0 Å². The Labute approximate surface area is 111 Å². The Morgan fingerprint density at radius 3 is 2.22 bits per heavy atom. The van der Waals surface area contributed by atoms with E-state index in [-0.39, 0.29) is 11.2 Å². The molecule has 0 aromatic heterocycles. The van der Waals surface area contributed by atoms with Crippen LogP contribution in [0.1, 0.15) is 58.9 Å². The van der Waals surface area contributed by atoms with Crippen LogP contribution in [0.5, 0.6) is 0 Å². The number of unbranched alkanes of at least 4 members (excludes halogenated alkanes) is 1. The molecule has 0 N–H and O–H groups in total. The van der Waals surface area contributed by atoms with Crippen LogP contribution in [0.25, 0.3) is 5.83 Å². The zero-order valence-corrected chi connectivity index (χ0v) is 12.1. The first kappa shape index (κ1) is 14.9. The van der Waals surface area contributed by atoms with Crippen LogP contribution in [-0.2, 0) is 0 Å². The third-order valence-corrected chi connectivity index (χ3v) is 2.91. The Balaban J connectivity index is 2.99. The summed E-state index contributed by atoms with van der Waals surface area (Å²) < 4.78 is 14.5. The zero-order valence-electron chi connectivity index (χ0n) is 12.1. The minimum Gasteiger partial charge on any atom is -0.206 e. The molecule has 0 atom stereocenters. The third-order valence-electron chi connectivity index (χ3n) is 2.91. The number of benzene rings is 1. The molecule has 0 aliphatic heterocycles. The summed E-state index contributed by atoms with van der Waals surface area (Å²) in [6, 6.07) is 9.41. The molecular formula is C17H25F. The van der Waals surface area contributed by atoms with E-state index < -0.39 is 0 Å². The first-order valence-electron chi connectivity index (χ1n) is 6.87. The molecule has 0 saturated carbocycles. The lowest BCUT2D eigenvalue weighted by atomic mass is 9.85. The van der Waals surface area contributed by atoms with Crippen LogP contribution >= 0.6 is 0 Å². The summed E-state index contributed by atoms with van der Waals surface area (Å²) in [5.41, 5.74) is 1.82.